The number of benzene rings is 2. The highest BCUT2D eigenvalue weighted by Crippen LogP contribution is 2.26. The maximum absolute atomic E-state index is 12.6. The van der Waals surface area contributed by atoms with Gasteiger partial charge in [0.05, 0.1) is 11.3 Å². The van der Waals surface area contributed by atoms with Crippen molar-refractivity contribution in [2.45, 2.75) is 12.5 Å². The summed E-state index contributed by atoms with van der Waals surface area (Å²) in [7, 11) is 1.59. The number of hydrogen-bond donors (Lipinski definition) is 2. The van der Waals surface area contributed by atoms with Crippen LogP contribution in [0.2, 0.25) is 0 Å². The summed E-state index contributed by atoms with van der Waals surface area (Å²) in [6, 6.07) is 12.6. The quantitative estimate of drug-likeness (QED) is 0.821. The molecule has 0 aromatic heterocycles. The van der Waals surface area contributed by atoms with Crippen LogP contribution in [-0.4, -0.2) is 30.7 Å². The summed E-state index contributed by atoms with van der Waals surface area (Å²) in [5.74, 6) is -0.996. The monoisotopic (exact) mass is 323 g/mol. The molecule has 0 saturated carbocycles. The topological polar surface area (TPSA) is 92.5 Å². The predicted octanol–water partition coefficient (Wildman–Crippen LogP) is 1.62. The Kier molecular flexibility index (Phi) is 4.04. The van der Waals surface area contributed by atoms with E-state index >= 15 is 0 Å². The molecule has 0 fully saturated rings. The minimum absolute atomic E-state index is 0.0847. The zero-order valence-electron chi connectivity index (χ0n) is 13.2. The van der Waals surface area contributed by atoms with E-state index in [0.717, 1.165) is 0 Å². The molecule has 0 radical (unpaired) electrons. The number of carbonyl (C=O) groups is 3. The summed E-state index contributed by atoms with van der Waals surface area (Å²) in [5, 5.41) is 2.63. The van der Waals surface area contributed by atoms with Crippen molar-refractivity contribution in [3.8, 4) is 0 Å². The molecule has 2 amide bonds. The second-order valence-electron chi connectivity index (χ2n) is 5.66. The van der Waals surface area contributed by atoms with E-state index in [1.807, 2.05) is 0 Å². The van der Waals surface area contributed by atoms with Crippen molar-refractivity contribution >= 4 is 29.0 Å². The number of nitrogens with zero attached hydrogens (tertiary/aromatic N) is 1. The average Bonchev–Trinajstić information content (AvgIpc) is 2.67. The molecule has 1 heterocycles. The molecule has 0 spiro atoms. The lowest BCUT2D eigenvalue weighted by Crippen LogP contribution is -2.47. The van der Waals surface area contributed by atoms with E-state index in [1.165, 1.54) is 4.90 Å². The molecule has 2 aromatic carbocycles. The van der Waals surface area contributed by atoms with Crippen molar-refractivity contribution < 1.29 is 14.4 Å². The number of carbonyl (C=O) groups excluding carboxylic acids is 3. The fourth-order valence-electron chi connectivity index (χ4n) is 2.79. The zero-order chi connectivity index (χ0) is 17.3. The maximum atomic E-state index is 12.6. The zero-order valence-corrected chi connectivity index (χ0v) is 13.2. The minimum Gasteiger partial charge on any atom is -0.398 e. The van der Waals surface area contributed by atoms with Crippen molar-refractivity contribution in [2.24, 2.45) is 0 Å². The van der Waals surface area contributed by atoms with Crippen molar-refractivity contribution in [3.05, 3.63) is 59.7 Å². The number of fused-ring (bicyclic) bond motifs is 1. The molecule has 1 aliphatic rings. The van der Waals surface area contributed by atoms with Gasteiger partial charge in [-0.15, -0.1) is 0 Å². The Bertz CT molecular complexity index is 832. The number of anilines is 2. The number of amides is 2. The van der Waals surface area contributed by atoms with E-state index in [0.29, 0.717) is 16.9 Å². The molecule has 0 bridgehead atoms. The Morgan fingerprint density at radius 2 is 1.79 bits per heavy atom. The largest absolute Gasteiger partial charge is 0.398 e. The van der Waals surface area contributed by atoms with Crippen LogP contribution in [0.4, 0.5) is 11.4 Å². The van der Waals surface area contributed by atoms with Crippen LogP contribution < -0.4 is 16.0 Å². The Labute approximate surface area is 139 Å². The van der Waals surface area contributed by atoms with E-state index in [2.05, 4.69) is 5.32 Å². The molecule has 0 unspecified atom stereocenters. The molecule has 24 heavy (non-hydrogen) atoms. The van der Waals surface area contributed by atoms with Crippen LogP contribution in [0.1, 0.15) is 27.1 Å². The molecule has 3 N–H and O–H groups in total. The third kappa shape index (κ3) is 2.74. The van der Waals surface area contributed by atoms with Crippen molar-refractivity contribution in [3.63, 3.8) is 0 Å². The van der Waals surface area contributed by atoms with Gasteiger partial charge in [-0.3, -0.25) is 14.4 Å². The van der Waals surface area contributed by atoms with E-state index in [4.69, 9.17) is 5.73 Å². The van der Waals surface area contributed by atoms with Crippen molar-refractivity contribution in [1.29, 1.82) is 0 Å². The lowest BCUT2D eigenvalue weighted by Gasteiger charge is -2.21. The molecule has 6 nitrogen and oxygen atoms in total. The lowest BCUT2D eigenvalue weighted by molar-refractivity contribution is -0.120. The number of nitrogen functional groups attached to an aromatic ring is 1. The number of nitrogens with one attached hydrogen (secondary N) is 1. The van der Waals surface area contributed by atoms with Gasteiger partial charge in [-0.05, 0) is 24.3 Å². The first-order valence-corrected chi connectivity index (χ1v) is 7.54. The van der Waals surface area contributed by atoms with Gasteiger partial charge in [0.25, 0.3) is 5.91 Å². The third-order valence-electron chi connectivity index (χ3n) is 4.09. The molecule has 2 aromatic rings. The first-order chi connectivity index (χ1) is 11.5. The SMILES string of the molecule is CN1C(=O)[C@@H](NC(=O)c2ccccc2N)CC(=O)c2ccccc21. The standard InChI is InChI=1S/C18H17N3O3/c1-21-15-9-5-3-7-12(15)16(22)10-14(18(21)24)20-17(23)11-6-2-4-8-13(11)19/h2-9,14H,10,19H2,1H3,(H,20,23)/t14-/m0/s1. The molecular weight excluding hydrogens is 306 g/mol. The van der Waals surface area contributed by atoms with Crippen LogP contribution in [0.5, 0.6) is 0 Å². The van der Waals surface area contributed by atoms with Gasteiger partial charge in [-0.25, -0.2) is 0 Å². The van der Waals surface area contributed by atoms with Crippen molar-refractivity contribution in [1.82, 2.24) is 5.32 Å². The summed E-state index contributed by atoms with van der Waals surface area (Å²) in [5.41, 5.74) is 7.41. The fourth-order valence-corrected chi connectivity index (χ4v) is 2.79. The molecule has 1 aliphatic heterocycles. The van der Waals surface area contributed by atoms with Crippen LogP contribution in [0.15, 0.2) is 48.5 Å². The van der Waals surface area contributed by atoms with Gasteiger partial charge in [0.2, 0.25) is 5.91 Å². The van der Waals surface area contributed by atoms with Gasteiger partial charge in [-0.2, -0.15) is 0 Å². The summed E-state index contributed by atoms with van der Waals surface area (Å²) in [6.45, 7) is 0. The highest BCUT2D eigenvalue weighted by molar-refractivity contribution is 6.13. The van der Waals surface area contributed by atoms with Crippen LogP contribution in [0.25, 0.3) is 0 Å². The Morgan fingerprint density at radius 1 is 1.12 bits per heavy atom. The van der Waals surface area contributed by atoms with Gasteiger partial charge in [0.1, 0.15) is 6.04 Å². The summed E-state index contributed by atoms with van der Waals surface area (Å²) in [6.07, 6.45) is -0.0847. The van der Waals surface area contributed by atoms with Crippen LogP contribution in [0, 0.1) is 0 Å². The molecule has 0 aliphatic carbocycles. The van der Waals surface area contributed by atoms with Crippen LogP contribution >= 0.6 is 0 Å². The average molecular weight is 323 g/mol. The molecule has 0 saturated heterocycles. The highest BCUT2D eigenvalue weighted by atomic mass is 16.2. The second-order valence-corrected chi connectivity index (χ2v) is 5.66. The van der Waals surface area contributed by atoms with E-state index in [1.54, 1.807) is 55.6 Å². The first-order valence-electron chi connectivity index (χ1n) is 7.54. The van der Waals surface area contributed by atoms with Gasteiger partial charge >= 0.3 is 0 Å². The normalized spacial score (nSPS) is 17.2. The Hall–Kier alpha value is -3.15. The number of rotatable bonds is 2. The Morgan fingerprint density at radius 3 is 2.54 bits per heavy atom. The van der Waals surface area contributed by atoms with E-state index in [-0.39, 0.29) is 23.7 Å². The maximum Gasteiger partial charge on any atom is 0.254 e. The molecule has 1 atom stereocenters. The first kappa shape index (κ1) is 15.7. The number of para-hydroxylation sites is 2. The number of nitrogens with two attached hydrogens (primary N) is 1. The predicted molar refractivity (Wildman–Crippen MR) is 90.9 cm³/mol. The second kappa shape index (κ2) is 6.16. The van der Waals surface area contributed by atoms with Gasteiger partial charge in [0.15, 0.2) is 5.78 Å². The van der Waals surface area contributed by atoms with Crippen molar-refractivity contribution in [2.75, 3.05) is 17.7 Å². The smallest absolute Gasteiger partial charge is 0.254 e. The van der Waals surface area contributed by atoms with Gasteiger partial charge in [0, 0.05) is 24.7 Å². The molecule has 122 valence electrons. The van der Waals surface area contributed by atoms with Crippen LogP contribution in [0.3, 0.4) is 0 Å². The number of Topliss-reactive ketones (excluding diaryl/α,β-unsaturated/α-hetero) is 1. The number of likely N-dealkylation sites (N-methyl/N-ethyl adjacent to an activating group) is 1. The molecule has 3 rings (SSSR count). The highest BCUT2D eigenvalue weighted by Gasteiger charge is 2.33. The molecule has 6 heteroatoms. The number of ketones is 1. The van der Waals surface area contributed by atoms with E-state index in [9.17, 15) is 14.4 Å². The van der Waals surface area contributed by atoms with E-state index < -0.39 is 11.9 Å². The molecular formula is C18H17N3O3. The minimum atomic E-state index is -0.929. The summed E-state index contributed by atoms with van der Waals surface area (Å²) in [4.78, 5) is 38.9. The number of hydrogen-bond acceptors (Lipinski definition) is 4. The Balaban J connectivity index is 1.88. The summed E-state index contributed by atoms with van der Waals surface area (Å²) < 4.78 is 0. The third-order valence-corrected chi connectivity index (χ3v) is 4.09. The summed E-state index contributed by atoms with van der Waals surface area (Å²) >= 11 is 0. The lowest BCUT2D eigenvalue weighted by atomic mass is 10.0. The van der Waals surface area contributed by atoms with Gasteiger partial charge < -0.3 is 16.0 Å². The fraction of sp³-hybridized carbons (Fsp3) is 0.167. The van der Waals surface area contributed by atoms with Crippen LogP contribution in [-0.2, 0) is 4.79 Å². The van der Waals surface area contributed by atoms with Gasteiger partial charge in [-0.1, -0.05) is 24.3 Å².